The molecule has 0 spiro atoms. The zero-order valence-corrected chi connectivity index (χ0v) is 10.2. The van der Waals surface area contributed by atoms with Crippen LogP contribution in [0, 0.1) is 11.3 Å². The molecule has 0 amide bonds. The van der Waals surface area contributed by atoms with Crippen molar-refractivity contribution in [3.8, 4) is 0 Å². The van der Waals surface area contributed by atoms with Crippen LogP contribution in [0.2, 0.25) is 0 Å². The number of rotatable bonds is 8. The molecule has 0 aromatic rings. The lowest BCUT2D eigenvalue weighted by atomic mass is 9.74. The first kappa shape index (κ1) is 13.5. The van der Waals surface area contributed by atoms with Crippen molar-refractivity contribution in [2.75, 3.05) is 0 Å². The second-order valence-corrected chi connectivity index (χ2v) is 4.45. The predicted octanol–water partition coefficient (Wildman–Crippen LogP) is 4.97. The van der Waals surface area contributed by atoms with Crippen molar-refractivity contribution in [1.29, 1.82) is 0 Å². The fourth-order valence-electron chi connectivity index (χ4n) is 2.11. The number of hydrogen-bond donors (Lipinski definition) is 0. The Bertz CT molecular complexity index is 163. The van der Waals surface area contributed by atoms with Gasteiger partial charge in [-0.15, -0.1) is 13.2 Å². The summed E-state index contributed by atoms with van der Waals surface area (Å²) in [7, 11) is 0. The van der Waals surface area contributed by atoms with Crippen molar-refractivity contribution >= 4 is 0 Å². The topological polar surface area (TPSA) is 0 Å². The summed E-state index contributed by atoms with van der Waals surface area (Å²) in [4.78, 5) is 0. The zero-order valence-electron chi connectivity index (χ0n) is 10.2. The first-order valence-electron chi connectivity index (χ1n) is 5.88. The Morgan fingerprint density at radius 1 is 1.21 bits per heavy atom. The molecule has 1 atom stereocenters. The number of allylic oxidation sites excluding steroid dienone is 2. The molecule has 0 heteroatoms. The second kappa shape index (κ2) is 6.86. The van der Waals surface area contributed by atoms with Crippen LogP contribution < -0.4 is 0 Å². The van der Waals surface area contributed by atoms with Gasteiger partial charge >= 0.3 is 0 Å². The Hall–Kier alpha value is -0.520. The van der Waals surface area contributed by atoms with Crippen LogP contribution in [0.3, 0.4) is 0 Å². The summed E-state index contributed by atoms with van der Waals surface area (Å²) in [6.45, 7) is 14.6. The van der Waals surface area contributed by atoms with Gasteiger partial charge in [0.15, 0.2) is 0 Å². The highest BCUT2D eigenvalue weighted by atomic mass is 14.3. The Balaban J connectivity index is 4.14. The Morgan fingerprint density at radius 2 is 1.79 bits per heavy atom. The van der Waals surface area contributed by atoms with Gasteiger partial charge in [0.25, 0.3) is 0 Å². The van der Waals surface area contributed by atoms with Crippen molar-refractivity contribution in [1.82, 2.24) is 0 Å². The summed E-state index contributed by atoms with van der Waals surface area (Å²) in [6, 6.07) is 0. The summed E-state index contributed by atoms with van der Waals surface area (Å²) < 4.78 is 0. The molecule has 0 saturated heterocycles. The van der Waals surface area contributed by atoms with Crippen molar-refractivity contribution in [3.63, 3.8) is 0 Å². The Labute approximate surface area is 90.1 Å². The number of hydrogen-bond acceptors (Lipinski definition) is 0. The van der Waals surface area contributed by atoms with Gasteiger partial charge in [-0.3, -0.25) is 0 Å². The molecule has 0 heterocycles. The quantitative estimate of drug-likeness (QED) is 0.478. The first-order valence-corrected chi connectivity index (χ1v) is 5.88. The normalized spacial score (nSPS) is 13.6. The summed E-state index contributed by atoms with van der Waals surface area (Å²) in [5.41, 5.74) is 0.376. The summed E-state index contributed by atoms with van der Waals surface area (Å²) in [5.74, 6) is 0.783. The third-order valence-electron chi connectivity index (χ3n) is 3.46. The summed E-state index contributed by atoms with van der Waals surface area (Å²) >= 11 is 0. The molecule has 82 valence electrons. The van der Waals surface area contributed by atoms with Crippen molar-refractivity contribution in [2.24, 2.45) is 11.3 Å². The van der Waals surface area contributed by atoms with Crippen molar-refractivity contribution < 1.29 is 0 Å². The van der Waals surface area contributed by atoms with Crippen molar-refractivity contribution in [3.05, 3.63) is 25.3 Å². The fraction of sp³-hybridized carbons (Fsp3) is 0.714. The van der Waals surface area contributed by atoms with Gasteiger partial charge in [-0.25, -0.2) is 0 Å². The van der Waals surface area contributed by atoms with Crippen LogP contribution >= 0.6 is 0 Å². The minimum absolute atomic E-state index is 0.376. The van der Waals surface area contributed by atoms with Crippen LogP contribution in [0.15, 0.2) is 25.3 Å². The van der Waals surface area contributed by atoms with E-state index in [4.69, 9.17) is 0 Å². The highest BCUT2D eigenvalue weighted by Crippen LogP contribution is 2.36. The van der Waals surface area contributed by atoms with Gasteiger partial charge in [0, 0.05) is 0 Å². The molecule has 0 fully saturated rings. The molecule has 0 saturated carbocycles. The minimum atomic E-state index is 0.376. The average Bonchev–Trinajstić information content (AvgIpc) is 2.23. The SMILES string of the molecule is C=CCCC(C)CC(C=C)(CC)CC. The van der Waals surface area contributed by atoms with Crippen LogP contribution in [0.5, 0.6) is 0 Å². The highest BCUT2D eigenvalue weighted by molar-refractivity contribution is 4.94. The van der Waals surface area contributed by atoms with E-state index in [0.717, 1.165) is 12.3 Å². The molecule has 0 aromatic heterocycles. The molecule has 0 bridgehead atoms. The molecule has 0 N–H and O–H groups in total. The van der Waals surface area contributed by atoms with E-state index in [2.05, 4.69) is 40.0 Å². The third-order valence-corrected chi connectivity index (χ3v) is 3.46. The smallest absolute Gasteiger partial charge is 0.0124 e. The van der Waals surface area contributed by atoms with E-state index in [1.54, 1.807) is 0 Å². The van der Waals surface area contributed by atoms with E-state index < -0.39 is 0 Å². The van der Waals surface area contributed by atoms with E-state index in [9.17, 15) is 0 Å². The van der Waals surface area contributed by atoms with Gasteiger partial charge in [-0.2, -0.15) is 0 Å². The van der Waals surface area contributed by atoms with Gasteiger partial charge in [-0.05, 0) is 43.4 Å². The van der Waals surface area contributed by atoms with Gasteiger partial charge in [-0.1, -0.05) is 32.9 Å². The maximum Gasteiger partial charge on any atom is -0.0124 e. The van der Waals surface area contributed by atoms with Gasteiger partial charge < -0.3 is 0 Å². The molecule has 0 aromatic carbocycles. The molecule has 0 aliphatic carbocycles. The summed E-state index contributed by atoms with van der Waals surface area (Å²) in [5, 5.41) is 0. The Morgan fingerprint density at radius 3 is 2.14 bits per heavy atom. The largest absolute Gasteiger partial charge is 0.103 e. The molecule has 0 radical (unpaired) electrons. The lowest BCUT2D eigenvalue weighted by Crippen LogP contribution is -2.19. The van der Waals surface area contributed by atoms with E-state index >= 15 is 0 Å². The standard InChI is InChI=1S/C14H26/c1-6-10-11-13(5)12-14(7-2,8-3)9-4/h6-7,13H,1-2,8-12H2,3-5H3. The van der Waals surface area contributed by atoms with Crippen LogP contribution in [0.25, 0.3) is 0 Å². The molecule has 1 unspecified atom stereocenters. The van der Waals surface area contributed by atoms with Gasteiger partial charge in [0.2, 0.25) is 0 Å². The maximum atomic E-state index is 3.99. The molecular formula is C14H26. The lowest BCUT2D eigenvalue weighted by Gasteiger charge is -2.31. The molecule has 0 nitrogen and oxygen atoms in total. The monoisotopic (exact) mass is 194 g/mol. The van der Waals surface area contributed by atoms with E-state index in [1.165, 1.54) is 25.7 Å². The van der Waals surface area contributed by atoms with E-state index in [1.807, 2.05) is 6.08 Å². The second-order valence-electron chi connectivity index (χ2n) is 4.45. The van der Waals surface area contributed by atoms with Crippen LogP contribution in [0.1, 0.15) is 52.9 Å². The van der Waals surface area contributed by atoms with Crippen LogP contribution in [0.4, 0.5) is 0 Å². The van der Waals surface area contributed by atoms with Crippen molar-refractivity contribution in [2.45, 2.75) is 52.9 Å². The highest BCUT2D eigenvalue weighted by Gasteiger charge is 2.24. The summed E-state index contributed by atoms with van der Waals surface area (Å²) in [6.07, 6.45) is 10.3. The fourth-order valence-corrected chi connectivity index (χ4v) is 2.11. The maximum absolute atomic E-state index is 3.99. The van der Waals surface area contributed by atoms with E-state index in [0.29, 0.717) is 5.41 Å². The molecule has 0 aliphatic rings. The molecule has 0 aliphatic heterocycles. The van der Waals surface area contributed by atoms with Crippen LogP contribution in [-0.2, 0) is 0 Å². The Kier molecular flexibility index (Phi) is 6.61. The van der Waals surface area contributed by atoms with E-state index in [-0.39, 0.29) is 0 Å². The molecule has 14 heavy (non-hydrogen) atoms. The average molecular weight is 194 g/mol. The molecule has 0 rings (SSSR count). The molecular weight excluding hydrogens is 168 g/mol. The third kappa shape index (κ3) is 4.13. The van der Waals surface area contributed by atoms with Crippen LogP contribution in [-0.4, -0.2) is 0 Å². The van der Waals surface area contributed by atoms with Gasteiger partial charge in [0.1, 0.15) is 0 Å². The minimum Gasteiger partial charge on any atom is -0.103 e. The zero-order chi connectivity index (χ0) is 11.0. The first-order chi connectivity index (χ1) is 6.64. The lowest BCUT2D eigenvalue weighted by molar-refractivity contribution is 0.264. The van der Waals surface area contributed by atoms with Gasteiger partial charge in [0.05, 0.1) is 0 Å². The predicted molar refractivity (Wildman–Crippen MR) is 66.4 cm³/mol.